The fourth-order valence-corrected chi connectivity index (χ4v) is 2.87. The van der Waals surface area contributed by atoms with Crippen molar-refractivity contribution in [3.05, 3.63) is 0 Å². The van der Waals surface area contributed by atoms with Crippen molar-refractivity contribution < 1.29 is 42.9 Å². The minimum Gasteiger partial charge on any atom is -0.456 e. The summed E-state index contributed by atoms with van der Waals surface area (Å²) in [5, 5.41) is 0. The van der Waals surface area contributed by atoms with Gasteiger partial charge in [0.25, 0.3) is 0 Å². The van der Waals surface area contributed by atoms with E-state index in [0.717, 1.165) is 0 Å². The largest absolute Gasteiger partial charge is 0.456 e. The standard InChI is InChI=1S/C21H34O9/c1-5-9-15(22)27-14-13-26-21(30-18(25)12-8-4)20(29-17(24)11-7-3)19(14)28-16(23)10-6-2/h14,19-21H,5-13H2,1-4H3/t14-,19-,20-,21?/m1/s1. The molecular formula is C21H34O9. The first kappa shape index (κ1) is 25.9. The molecule has 30 heavy (non-hydrogen) atoms. The van der Waals surface area contributed by atoms with Crippen LogP contribution >= 0.6 is 0 Å². The molecule has 0 aliphatic carbocycles. The van der Waals surface area contributed by atoms with Crippen LogP contribution < -0.4 is 0 Å². The molecule has 0 aromatic rings. The predicted molar refractivity (Wildman–Crippen MR) is 105 cm³/mol. The first-order valence-corrected chi connectivity index (χ1v) is 10.8. The highest BCUT2D eigenvalue weighted by Gasteiger charge is 2.49. The van der Waals surface area contributed by atoms with Crippen LogP contribution in [0.4, 0.5) is 0 Å². The molecule has 0 aromatic carbocycles. The number of hydrogen-bond acceptors (Lipinski definition) is 9. The molecule has 1 saturated heterocycles. The summed E-state index contributed by atoms with van der Waals surface area (Å²) in [4.78, 5) is 48.4. The number of esters is 4. The normalized spacial score (nSPS) is 23.3. The topological polar surface area (TPSA) is 114 Å². The van der Waals surface area contributed by atoms with Gasteiger partial charge in [-0.25, -0.2) is 0 Å². The van der Waals surface area contributed by atoms with Crippen LogP contribution in [-0.4, -0.2) is 55.1 Å². The van der Waals surface area contributed by atoms with E-state index in [2.05, 4.69) is 0 Å². The second-order valence-corrected chi connectivity index (χ2v) is 7.13. The van der Waals surface area contributed by atoms with Gasteiger partial charge < -0.3 is 23.7 Å². The fourth-order valence-electron chi connectivity index (χ4n) is 2.87. The van der Waals surface area contributed by atoms with E-state index < -0.39 is 48.5 Å². The average molecular weight is 430 g/mol. The van der Waals surface area contributed by atoms with Gasteiger partial charge in [0.15, 0.2) is 12.2 Å². The maximum absolute atomic E-state index is 12.2. The van der Waals surface area contributed by atoms with Crippen LogP contribution in [0, 0.1) is 0 Å². The van der Waals surface area contributed by atoms with Gasteiger partial charge in [0.05, 0.1) is 6.61 Å². The van der Waals surface area contributed by atoms with Crippen LogP contribution in [0.15, 0.2) is 0 Å². The molecule has 1 rings (SSSR count). The van der Waals surface area contributed by atoms with Gasteiger partial charge in [-0.05, 0) is 25.7 Å². The highest BCUT2D eigenvalue weighted by atomic mass is 16.7. The second kappa shape index (κ2) is 14.0. The summed E-state index contributed by atoms with van der Waals surface area (Å²) in [6, 6.07) is 0. The van der Waals surface area contributed by atoms with E-state index >= 15 is 0 Å². The van der Waals surface area contributed by atoms with Crippen LogP contribution in [-0.2, 0) is 42.9 Å². The fraction of sp³-hybridized carbons (Fsp3) is 0.810. The molecule has 1 heterocycles. The third-order valence-electron chi connectivity index (χ3n) is 4.27. The SMILES string of the molecule is CCCC(=O)OC1OC[C@@H](OC(=O)CCC)[C@@H](OC(=O)CCC)[C@H]1OC(=O)CCC. The average Bonchev–Trinajstić information content (AvgIpc) is 2.67. The lowest BCUT2D eigenvalue weighted by molar-refractivity contribution is -0.275. The van der Waals surface area contributed by atoms with Crippen molar-refractivity contribution in [2.24, 2.45) is 0 Å². The van der Waals surface area contributed by atoms with E-state index in [0.29, 0.717) is 25.7 Å². The Morgan fingerprint density at radius 2 is 1.03 bits per heavy atom. The van der Waals surface area contributed by atoms with Gasteiger partial charge in [0.2, 0.25) is 12.4 Å². The van der Waals surface area contributed by atoms with Gasteiger partial charge in [0.1, 0.15) is 0 Å². The van der Waals surface area contributed by atoms with Crippen LogP contribution in [0.25, 0.3) is 0 Å². The van der Waals surface area contributed by atoms with Gasteiger partial charge in [0, 0.05) is 25.7 Å². The maximum Gasteiger partial charge on any atom is 0.308 e. The Morgan fingerprint density at radius 1 is 0.633 bits per heavy atom. The zero-order valence-corrected chi connectivity index (χ0v) is 18.3. The number of rotatable bonds is 12. The van der Waals surface area contributed by atoms with Crippen molar-refractivity contribution in [1.29, 1.82) is 0 Å². The van der Waals surface area contributed by atoms with Gasteiger partial charge in [-0.3, -0.25) is 19.2 Å². The van der Waals surface area contributed by atoms with E-state index in [4.69, 9.17) is 23.7 Å². The highest BCUT2D eigenvalue weighted by molar-refractivity contribution is 5.72. The van der Waals surface area contributed by atoms with E-state index in [1.54, 1.807) is 0 Å². The monoisotopic (exact) mass is 430 g/mol. The molecule has 9 heteroatoms. The van der Waals surface area contributed by atoms with E-state index in [-0.39, 0.29) is 32.3 Å². The molecule has 4 atom stereocenters. The zero-order valence-electron chi connectivity index (χ0n) is 18.3. The Kier molecular flexibility index (Phi) is 12.0. The molecule has 1 aliphatic heterocycles. The number of carbonyl (C=O) groups is 4. The molecule has 9 nitrogen and oxygen atoms in total. The number of ether oxygens (including phenoxy) is 5. The highest BCUT2D eigenvalue weighted by Crippen LogP contribution is 2.26. The Labute approximate surface area is 177 Å². The summed E-state index contributed by atoms with van der Waals surface area (Å²) in [7, 11) is 0. The summed E-state index contributed by atoms with van der Waals surface area (Å²) in [5.41, 5.74) is 0. The van der Waals surface area contributed by atoms with Crippen molar-refractivity contribution in [2.75, 3.05) is 6.61 Å². The quantitative estimate of drug-likeness (QED) is 0.340. The van der Waals surface area contributed by atoms with Gasteiger partial charge in [-0.2, -0.15) is 0 Å². The molecule has 0 bridgehead atoms. The van der Waals surface area contributed by atoms with Crippen LogP contribution in [0.1, 0.15) is 79.1 Å². The minimum atomic E-state index is -1.26. The van der Waals surface area contributed by atoms with Crippen LogP contribution in [0.2, 0.25) is 0 Å². The summed E-state index contributed by atoms with van der Waals surface area (Å²) >= 11 is 0. The Morgan fingerprint density at radius 3 is 1.50 bits per heavy atom. The molecule has 0 saturated carbocycles. The second-order valence-electron chi connectivity index (χ2n) is 7.13. The van der Waals surface area contributed by atoms with Crippen molar-refractivity contribution in [2.45, 2.75) is 104 Å². The summed E-state index contributed by atoms with van der Waals surface area (Å²) in [6.45, 7) is 7.12. The molecule has 0 N–H and O–H groups in total. The molecule has 1 aliphatic rings. The van der Waals surface area contributed by atoms with E-state index in [1.165, 1.54) is 0 Å². The molecular weight excluding hydrogens is 396 g/mol. The van der Waals surface area contributed by atoms with E-state index in [9.17, 15) is 19.2 Å². The van der Waals surface area contributed by atoms with Crippen LogP contribution in [0.5, 0.6) is 0 Å². The Bertz CT molecular complexity index is 525. The van der Waals surface area contributed by atoms with Gasteiger partial charge in [-0.1, -0.05) is 27.7 Å². The summed E-state index contributed by atoms with van der Waals surface area (Å²) in [5.74, 6) is -2.10. The van der Waals surface area contributed by atoms with Gasteiger partial charge >= 0.3 is 23.9 Å². The Balaban J connectivity index is 3.12. The summed E-state index contributed by atoms with van der Waals surface area (Å²) in [6.07, 6.45) is -1.76. The van der Waals surface area contributed by atoms with Crippen molar-refractivity contribution >= 4 is 23.9 Å². The molecule has 172 valence electrons. The molecule has 0 spiro atoms. The third-order valence-corrected chi connectivity index (χ3v) is 4.27. The number of hydrogen-bond donors (Lipinski definition) is 0. The lowest BCUT2D eigenvalue weighted by atomic mass is 10.0. The molecule has 1 fully saturated rings. The lowest BCUT2D eigenvalue weighted by Gasteiger charge is -2.40. The molecule has 0 amide bonds. The molecule has 1 unspecified atom stereocenters. The maximum atomic E-state index is 12.2. The first-order chi connectivity index (χ1) is 14.4. The predicted octanol–water partition coefficient (Wildman–Crippen LogP) is 2.82. The smallest absolute Gasteiger partial charge is 0.308 e. The molecule has 0 aromatic heterocycles. The first-order valence-electron chi connectivity index (χ1n) is 10.8. The van der Waals surface area contributed by atoms with Crippen molar-refractivity contribution in [1.82, 2.24) is 0 Å². The zero-order chi connectivity index (χ0) is 22.5. The van der Waals surface area contributed by atoms with Crippen LogP contribution in [0.3, 0.4) is 0 Å². The third kappa shape index (κ3) is 8.69. The summed E-state index contributed by atoms with van der Waals surface area (Å²) < 4.78 is 27.3. The lowest BCUT2D eigenvalue weighted by Crippen LogP contribution is -2.58. The molecule has 0 radical (unpaired) electrons. The van der Waals surface area contributed by atoms with Crippen molar-refractivity contribution in [3.8, 4) is 0 Å². The Hall–Kier alpha value is -2.16. The van der Waals surface area contributed by atoms with E-state index in [1.807, 2.05) is 27.7 Å². The number of carbonyl (C=O) groups excluding carboxylic acids is 4. The minimum absolute atomic E-state index is 0.127. The van der Waals surface area contributed by atoms with Gasteiger partial charge in [-0.15, -0.1) is 0 Å². The van der Waals surface area contributed by atoms with Crippen molar-refractivity contribution in [3.63, 3.8) is 0 Å².